The topological polar surface area (TPSA) is 26.3 Å². The van der Waals surface area contributed by atoms with E-state index in [0.29, 0.717) is 6.61 Å². The van der Waals surface area contributed by atoms with Crippen molar-refractivity contribution in [3.8, 4) is 11.8 Å². The first-order valence-corrected chi connectivity index (χ1v) is 3.68. The second-order valence-corrected chi connectivity index (χ2v) is 1.93. The number of carbonyl (C=O) groups is 1. The number of hydrogen-bond acceptors (Lipinski definition) is 2. The molecule has 0 aromatic heterocycles. The fourth-order valence-corrected chi connectivity index (χ4v) is 0.468. The average molecular weight is 164 g/mol. The molecule has 0 N–H and O–H groups in total. The molecule has 64 valence electrons. The average Bonchev–Trinajstić information content (AvgIpc) is 2.06. The first-order valence-electron chi connectivity index (χ1n) is 3.68. The van der Waals surface area contributed by atoms with E-state index < -0.39 is 0 Å². The summed E-state index contributed by atoms with van der Waals surface area (Å²) in [5.41, 5.74) is 0. The third kappa shape index (κ3) is 6.63. The minimum Gasteiger partial charge on any atom is -0.458 e. The lowest BCUT2D eigenvalue weighted by molar-refractivity contribution is -0.136. The van der Waals surface area contributed by atoms with Gasteiger partial charge in [-0.3, -0.25) is 0 Å². The second-order valence-electron chi connectivity index (χ2n) is 1.93. The van der Waals surface area contributed by atoms with Gasteiger partial charge in [0, 0.05) is 6.08 Å². The molecule has 0 bridgehead atoms. The van der Waals surface area contributed by atoms with E-state index in [1.54, 1.807) is 13.0 Å². The normalized spacial score (nSPS) is 9.83. The lowest BCUT2D eigenvalue weighted by Crippen LogP contribution is -1.99. The third-order valence-electron chi connectivity index (χ3n) is 1.00. The standard InChI is InChI=1S/C10H12O2/c1-3-5-7-8-10(11)12-9-6-4-2/h4,6-8H,9H2,1-2H3/b6-4+,8-7+. The summed E-state index contributed by atoms with van der Waals surface area (Å²) in [6.07, 6.45) is 6.36. The van der Waals surface area contributed by atoms with Gasteiger partial charge in [-0.15, -0.1) is 5.92 Å². The molecule has 0 aliphatic heterocycles. The van der Waals surface area contributed by atoms with Gasteiger partial charge >= 0.3 is 5.97 Å². The van der Waals surface area contributed by atoms with Crippen LogP contribution in [0.4, 0.5) is 0 Å². The Morgan fingerprint density at radius 1 is 1.58 bits per heavy atom. The van der Waals surface area contributed by atoms with Crippen LogP contribution in [0, 0.1) is 11.8 Å². The molecule has 0 amide bonds. The maximum absolute atomic E-state index is 10.8. The number of rotatable bonds is 3. The van der Waals surface area contributed by atoms with Crippen LogP contribution >= 0.6 is 0 Å². The highest BCUT2D eigenvalue weighted by atomic mass is 16.5. The van der Waals surface area contributed by atoms with Crippen LogP contribution in [-0.4, -0.2) is 12.6 Å². The smallest absolute Gasteiger partial charge is 0.331 e. The van der Waals surface area contributed by atoms with E-state index in [9.17, 15) is 4.79 Å². The molecule has 0 saturated heterocycles. The van der Waals surface area contributed by atoms with Crippen molar-refractivity contribution >= 4 is 5.97 Å². The Kier molecular flexibility index (Phi) is 6.67. The summed E-state index contributed by atoms with van der Waals surface area (Å²) >= 11 is 0. The van der Waals surface area contributed by atoms with Crippen molar-refractivity contribution in [2.24, 2.45) is 0 Å². The van der Waals surface area contributed by atoms with E-state index in [4.69, 9.17) is 4.74 Å². The number of allylic oxidation sites excluding steroid dienone is 2. The summed E-state index contributed by atoms with van der Waals surface area (Å²) < 4.78 is 4.75. The molecule has 0 heterocycles. The molecule has 0 fully saturated rings. The Morgan fingerprint density at radius 3 is 2.92 bits per heavy atom. The zero-order valence-electron chi connectivity index (χ0n) is 7.33. The van der Waals surface area contributed by atoms with Crippen molar-refractivity contribution < 1.29 is 9.53 Å². The number of hydrogen-bond donors (Lipinski definition) is 0. The fourth-order valence-electron chi connectivity index (χ4n) is 0.468. The van der Waals surface area contributed by atoms with Crippen LogP contribution in [0.25, 0.3) is 0 Å². The third-order valence-corrected chi connectivity index (χ3v) is 1.00. The molecule has 0 rings (SSSR count). The second kappa shape index (κ2) is 7.62. The van der Waals surface area contributed by atoms with Gasteiger partial charge in [0.05, 0.1) is 0 Å². The van der Waals surface area contributed by atoms with Gasteiger partial charge in [-0.05, 0) is 19.9 Å². The van der Waals surface area contributed by atoms with Crippen molar-refractivity contribution in [3.63, 3.8) is 0 Å². The van der Waals surface area contributed by atoms with Gasteiger partial charge in [0.1, 0.15) is 6.61 Å². The summed E-state index contributed by atoms with van der Waals surface area (Å²) in [5, 5.41) is 0. The Bertz CT molecular complexity index is 238. The summed E-state index contributed by atoms with van der Waals surface area (Å²) in [5.74, 6) is 4.89. The van der Waals surface area contributed by atoms with Gasteiger partial charge in [-0.2, -0.15) is 0 Å². The van der Waals surface area contributed by atoms with Crippen LogP contribution in [0.1, 0.15) is 13.8 Å². The predicted octanol–water partition coefficient (Wildman–Crippen LogP) is 1.69. The first kappa shape index (κ1) is 10.5. The van der Waals surface area contributed by atoms with E-state index in [2.05, 4.69) is 11.8 Å². The van der Waals surface area contributed by atoms with Crippen molar-refractivity contribution in [3.05, 3.63) is 24.3 Å². The zero-order valence-corrected chi connectivity index (χ0v) is 7.33. The minimum absolute atomic E-state index is 0.319. The van der Waals surface area contributed by atoms with Crippen molar-refractivity contribution in [2.45, 2.75) is 13.8 Å². The molecule has 0 atom stereocenters. The molecule has 0 spiro atoms. The fraction of sp³-hybridized carbons (Fsp3) is 0.300. The highest BCUT2D eigenvalue weighted by Crippen LogP contribution is 1.82. The molecule has 0 aromatic rings. The predicted molar refractivity (Wildman–Crippen MR) is 48.4 cm³/mol. The lowest BCUT2D eigenvalue weighted by Gasteiger charge is -1.93. The molecule has 0 saturated carbocycles. The monoisotopic (exact) mass is 164 g/mol. The largest absolute Gasteiger partial charge is 0.458 e. The van der Waals surface area contributed by atoms with Crippen LogP contribution in [-0.2, 0) is 9.53 Å². The van der Waals surface area contributed by atoms with Crippen molar-refractivity contribution in [2.75, 3.05) is 6.61 Å². The van der Waals surface area contributed by atoms with Crippen LogP contribution in [0.15, 0.2) is 24.3 Å². The van der Waals surface area contributed by atoms with E-state index in [1.807, 2.05) is 13.0 Å². The Labute approximate surface area is 72.9 Å². The summed E-state index contributed by atoms with van der Waals surface area (Å²) in [4.78, 5) is 10.8. The van der Waals surface area contributed by atoms with Gasteiger partial charge < -0.3 is 4.74 Å². The van der Waals surface area contributed by atoms with Gasteiger partial charge in [-0.1, -0.05) is 18.1 Å². The molecule has 0 aliphatic rings. The van der Waals surface area contributed by atoms with Gasteiger partial charge in [0.2, 0.25) is 0 Å². The lowest BCUT2D eigenvalue weighted by atomic mass is 10.5. The van der Waals surface area contributed by atoms with Crippen LogP contribution in [0.3, 0.4) is 0 Å². The highest BCUT2D eigenvalue weighted by molar-refractivity contribution is 5.82. The van der Waals surface area contributed by atoms with Gasteiger partial charge in [-0.25, -0.2) is 4.79 Å². The number of carbonyl (C=O) groups excluding carboxylic acids is 1. The van der Waals surface area contributed by atoms with E-state index in [-0.39, 0.29) is 5.97 Å². The maximum atomic E-state index is 10.8. The SMILES string of the molecule is CC#C/C=C/C(=O)OC/C=C/C. The minimum atomic E-state index is -0.365. The van der Waals surface area contributed by atoms with Crippen LogP contribution < -0.4 is 0 Å². The van der Waals surface area contributed by atoms with E-state index in [1.165, 1.54) is 12.2 Å². The molecular weight excluding hydrogens is 152 g/mol. The Morgan fingerprint density at radius 2 is 2.33 bits per heavy atom. The van der Waals surface area contributed by atoms with Crippen molar-refractivity contribution in [1.29, 1.82) is 0 Å². The number of ether oxygens (including phenoxy) is 1. The molecule has 12 heavy (non-hydrogen) atoms. The first-order chi connectivity index (χ1) is 5.81. The molecule has 0 aromatic carbocycles. The summed E-state index contributed by atoms with van der Waals surface area (Å²) in [7, 11) is 0. The zero-order chi connectivity index (χ0) is 9.23. The van der Waals surface area contributed by atoms with Crippen LogP contribution in [0.2, 0.25) is 0 Å². The molecule has 0 radical (unpaired) electrons. The number of esters is 1. The molecule has 0 aliphatic carbocycles. The highest BCUT2D eigenvalue weighted by Gasteiger charge is 1.90. The Balaban J connectivity index is 3.64. The Hall–Kier alpha value is -1.49. The maximum Gasteiger partial charge on any atom is 0.331 e. The van der Waals surface area contributed by atoms with Gasteiger partial charge in [0.25, 0.3) is 0 Å². The van der Waals surface area contributed by atoms with E-state index >= 15 is 0 Å². The quantitative estimate of drug-likeness (QED) is 0.274. The molecular formula is C10H12O2. The van der Waals surface area contributed by atoms with E-state index in [0.717, 1.165) is 0 Å². The summed E-state index contributed by atoms with van der Waals surface area (Å²) in [6, 6.07) is 0. The van der Waals surface area contributed by atoms with Crippen LogP contribution in [0.5, 0.6) is 0 Å². The molecule has 2 nitrogen and oxygen atoms in total. The molecule has 2 heteroatoms. The van der Waals surface area contributed by atoms with Gasteiger partial charge in [0.15, 0.2) is 0 Å². The summed E-state index contributed by atoms with van der Waals surface area (Å²) in [6.45, 7) is 3.89. The molecule has 0 unspecified atom stereocenters. The van der Waals surface area contributed by atoms with Crippen molar-refractivity contribution in [1.82, 2.24) is 0 Å².